The van der Waals surface area contributed by atoms with Crippen LogP contribution in [0.25, 0.3) is 0 Å². The van der Waals surface area contributed by atoms with Crippen molar-refractivity contribution in [2.45, 2.75) is 5.88 Å². The summed E-state index contributed by atoms with van der Waals surface area (Å²) in [5.41, 5.74) is 1.38. The zero-order valence-electron chi connectivity index (χ0n) is 10.4. The SMILES string of the molecule is COc1cc(C#N)cc(Oc2ccccc2CCl)c1. The molecule has 3 nitrogen and oxygen atoms in total. The average Bonchev–Trinajstić information content (AvgIpc) is 2.47. The number of rotatable bonds is 4. The van der Waals surface area contributed by atoms with Gasteiger partial charge in [0, 0.05) is 11.6 Å². The lowest BCUT2D eigenvalue weighted by molar-refractivity contribution is 0.408. The summed E-state index contributed by atoms with van der Waals surface area (Å²) in [6, 6.07) is 14.6. The van der Waals surface area contributed by atoms with E-state index in [-0.39, 0.29) is 0 Å². The van der Waals surface area contributed by atoms with E-state index < -0.39 is 0 Å². The number of nitriles is 1. The van der Waals surface area contributed by atoms with Gasteiger partial charge < -0.3 is 9.47 Å². The molecule has 0 unspecified atom stereocenters. The number of halogens is 1. The number of hydrogen-bond donors (Lipinski definition) is 0. The van der Waals surface area contributed by atoms with E-state index in [1.165, 1.54) is 0 Å². The zero-order valence-corrected chi connectivity index (χ0v) is 11.1. The molecule has 0 saturated heterocycles. The van der Waals surface area contributed by atoms with Crippen LogP contribution in [0.4, 0.5) is 0 Å². The Labute approximate surface area is 117 Å². The molecule has 0 radical (unpaired) electrons. The molecule has 0 heterocycles. The maximum Gasteiger partial charge on any atom is 0.132 e. The van der Waals surface area contributed by atoms with Crippen LogP contribution in [-0.2, 0) is 5.88 Å². The fraction of sp³-hybridized carbons (Fsp3) is 0.133. The molecule has 0 aliphatic heterocycles. The minimum Gasteiger partial charge on any atom is -0.497 e. The Morgan fingerprint density at radius 2 is 1.89 bits per heavy atom. The topological polar surface area (TPSA) is 42.2 Å². The molecule has 0 saturated carbocycles. The number of para-hydroxylation sites is 1. The van der Waals surface area contributed by atoms with Crippen LogP contribution >= 0.6 is 11.6 Å². The van der Waals surface area contributed by atoms with Crippen LogP contribution in [0.1, 0.15) is 11.1 Å². The summed E-state index contributed by atoms with van der Waals surface area (Å²) in [5.74, 6) is 2.17. The van der Waals surface area contributed by atoms with E-state index in [9.17, 15) is 0 Å². The quantitative estimate of drug-likeness (QED) is 0.788. The Morgan fingerprint density at radius 1 is 1.16 bits per heavy atom. The third-order valence-electron chi connectivity index (χ3n) is 2.59. The highest BCUT2D eigenvalue weighted by molar-refractivity contribution is 6.17. The predicted molar refractivity (Wildman–Crippen MR) is 73.8 cm³/mol. The number of ether oxygens (including phenoxy) is 2. The van der Waals surface area contributed by atoms with Crippen LogP contribution in [0.15, 0.2) is 42.5 Å². The van der Waals surface area contributed by atoms with E-state index in [1.54, 1.807) is 25.3 Å². The molecule has 0 N–H and O–H groups in total. The van der Waals surface area contributed by atoms with E-state index in [2.05, 4.69) is 6.07 Å². The van der Waals surface area contributed by atoms with Crippen molar-refractivity contribution in [2.75, 3.05) is 7.11 Å². The lowest BCUT2D eigenvalue weighted by Crippen LogP contribution is -1.91. The summed E-state index contributed by atoms with van der Waals surface area (Å²) < 4.78 is 10.9. The van der Waals surface area contributed by atoms with E-state index in [4.69, 9.17) is 26.3 Å². The van der Waals surface area contributed by atoms with Crippen molar-refractivity contribution in [1.82, 2.24) is 0 Å². The van der Waals surface area contributed by atoms with Crippen molar-refractivity contribution in [3.05, 3.63) is 53.6 Å². The number of alkyl halides is 1. The first-order chi connectivity index (χ1) is 9.26. The second-order valence-corrected chi connectivity index (χ2v) is 4.12. The van der Waals surface area contributed by atoms with Gasteiger partial charge in [-0.05, 0) is 18.2 Å². The number of nitrogens with zero attached hydrogens (tertiary/aromatic N) is 1. The lowest BCUT2D eigenvalue weighted by atomic mass is 10.2. The Balaban J connectivity index is 2.35. The molecule has 0 fully saturated rings. The van der Waals surface area contributed by atoms with Gasteiger partial charge in [0.05, 0.1) is 24.6 Å². The fourth-order valence-corrected chi connectivity index (χ4v) is 1.87. The lowest BCUT2D eigenvalue weighted by Gasteiger charge is -2.10. The van der Waals surface area contributed by atoms with Gasteiger partial charge in [-0.1, -0.05) is 18.2 Å². The first-order valence-corrected chi connectivity index (χ1v) is 6.21. The smallest absolute Gasteiger partial charge is 0.132 e. The molecule has 19 heavy (non-hydrogen) atoms. The second kappa shape index (κ2) is 6.12. The van der Waals surface area contributed by atoms with Crippen LogP contribution in [0, 0.1) is 11.3 Å². The third-order valence-corrected chi connectivity index (χ3v) is 2.88. The monoisotopic (exact) mass is 273 g/mol. The van der Waals surface area contributed by atoms with Gasteiger partial charge in [-0.2, -0.15) is 5.26 Å². The molecule has 2 aromatic carbocycles. The third kappa shape index (κ3) is 3.18. The van der Waals surface area contributed by atoms with Gasteiger partial charge >= 0.3 is 0 Å². The van der Waals surface area contributed by atoms with Crippen molar-refractivity contribution in [2.24, 2.45) is 0 Å². The van der Waals surface area contributed by atoms with Crippen LogP contribution < -0.4 is 9.47 Å². The van der Waals surface area contributed by atoms with Gasteiger partial charge in [0.2, 0.25) is 0 Å². The van der Waals surface area contributed by atoms with Crippen molar-refractivity contribution in [3.8, 4) is 23.3 Å². The van der Waals surface area contributed by atoms with Crippen molar-refractivity contribution in [1.29, 1.82) is 5.26 Å². The minimum absolute atomic E-state index is 0.366. The number of methoxy groups -OCH3 is 1. The van der Waals surface area contributed by atoms with Gasteiger partial charge in [-0.25, -0.2) is 0 Å². The Bertz CT molecular complexity index is 620. The van der Waals surface area contributed by atoms with Crippen LogP contribution in [0.2, 0.25) is 0 Å². The van der Waals surface area contributed by atoms with Gasteiger partial charge in [0.25, 0.3) is 0 Å². The maximum absolute atomic E-state index is 8.97. The highest BCUT2D eigenvalue weighted by Crippen LogP contribution is 2.29. The predicted octanol–water partition coefficient (Wildman–Crippen LogP) is 4.10. The van der Waals surface area contributed by atoms with E-state index in [0.717, 1.165) is 5.56 Å². The first-order valence-electron chi connectivity index (χ1n) is 5.67. The molecule has 0 spiro atoms. The summed E-state index contributed by atoms with van der Waals surface area (Å²) in [6.07, 6.45) is 0. The highest BCUT2D eigenvalue weighted by atomic mass is 35.5. The fourth-order valence-electron chi connectivity index (χ4n) is 1.65. The summed E-state index contributed by atoms with van der Waals surface area (Å²) in [7, 11) is 1.55. The summed E-state index contributed by atoms with van der Waals surface area (Å²) in [4.78, 5) is 0. The second-order valence-electron chi connectivity index (χ2n) is 3.85. The van der Waals surface area contributed by atoms with E-state index in [1.807, 2.05) is 24.3 Å². The van der Waals surface area contributed by atoms with Crippen molar-refractivity contribution >= 4 is 11.6 Å². The number of hydrogen-bond acceptors (Lipinski definition) is 3. The largest absolute Gasteiger partial charge is 0.497 e. The van der Waals surface area contributed by atoms with Gasteiger partial charge in [0.15, 0.2) is 0 Å². The van der Waals surface area contributed by atoms with Crippen LogP contribution in [0.5, 0.6) is 17.2 Å². The van der Waals surface area contributed by atoms with Crippen molar-refractivity contribution in [3.63, 3.8) is 0 Å². The zero-order chi connectivity index (χ0) is 13.7. The van der Waals surface area contributed by atoms with Crippen LogP contribution in [-0.4, -0.2) is 7.11 Å². The Hall–Kier alpha value is -2.18. The normalized spacial score (nSPS) is 9.74. The molecular weight excluding hydrogens is 262 g/mol. The summed E-state index contributed by atoms with van der Waals surface area (Å²) in [6.45, 7) is 0. The van der Waals surface area contributed by atoms with Crippen LogP contribution in [0.3, 0.4) is 0 Å². The Morgan fingerprint density at radius 3 is 2.58 bits per heavy atom. The number of benzene rings is 2. The van der Waals surface area contributed by atoms with Gasteiger partial charge in [0.1, 0.15) is 17.2 Å². The maximum atomic E-state index is 8.97. The van der Waals surface area contributed by atoms with Crippen molar-refractivity contribution < 1.29 is 9.47 Å². The van der Waals surface area contributed by atoms with Gasteiger partial charge in [-0.15, -0.1) is 11.6 Å². The van der Waals surface area contributed by atoms with E-state index in [0.29, 0.717) is 28.7 Å². The molecule has 2 aromatic rings. The molecule has 2 rings (SSSR count). The Kier molecular flexibility index (Phi) is 4.27. The molecule has 0 bridgehead atoms. The molecular formula is C15H12ClNO2. The first kappa shape index (κ1) is 13.3. The molecule has 0 atom stereocenters. The molecule has 0 aliphatic rings. The molecule has 0 amide bonds. The average molecular weight is 274 g/mol. The van der Waals surface area contributed by atoms with E-state index >= 15 is 0 Å². The standard InChI is InChI=1S/C15H12ClNO2/c1-18-13-6-11(10-17)7-14(8-13)19-15-5-3-2-4-12(15)9-16/h2-8H,9H2,1H3. The molecule has 0 aromatic heterocycles. The molecule has 96 valence electrons. The summed E-state index contributed by atoms with van der Waals surface area (Å²) in [5, 5.41) is 8.97. The molecule has 0 aliphatic carbocycles. The molecule has 4 heteroatoms. The minimum atomic E-state index is 0.366. The van der Waals surface area contributed by atoms with Gasteiger partial charge in [-0.3, -0.25) is 0 Å². The highest BCUT2D eigenvalue weighted by Gasteiger charge is 2.06. The summed E-state index contributed by atoms with van der Waals surface area (Å²) >= 11 is 5.86.